The van der Waals surface area contributed by atoms with Crippen molar-refractivity contribution in [1.82, 2.24) is 5.32 Å². The van der Waals surface area contributed by atoms with Crippen molar-refractivity contribution in [1.29, 1.82) is 0 Å². The first-order chi connectivity index (χ1) is 4.41. The predicted molar refractivity (Wildman–Crippen MR) is 42.6 cm³/mol. The molecule has 0 aromatic rings. The normalized spacial score (nSPS) is 10.9. The summed E-state index contributed by atoms with van der Waals surface area (Å²) in [7, 11) is 1.99. The maximum Gasteiger partial charge on any atom is -0.00490 e. The van der Waals surface area contributed by atoms with E-state index in [1.54, 1.807) is 0 Å². The van der Waals surface area contributed by atoms with Crippen LogP contribution in [0.1, 0.15) is 26.2 Å². The van der Waals surface area contributed by atoms with Gasteiger partial charge in [-0.15, -0.1) is 0 Å². The molecular formula is C8H17N. The third-order valence-corrected chi connectivity index (χ3v) is 1.20. The van der Waals surface area contributed by atoms with E-state index in [2.05, 4.69) is 24.4 Å². The number of hydrogen-bond acceptors (Lipinski definition) is 1. The Hall–Kier alpha value is -0.300. The molecule has 9 heavy (non-hydrogen) atoms. The molecule has 0 saturated heterocycles. The molecule has 1 nitrogen and oxygen atoms in total. The molecule has 0 fully saturated rings. The number of rotatable bonds is 5. The summed E-state index contributed by atoms with van der Waals surface area (Å²) in [4.78, 5) is 0. The first-order valence-electron chi connectivity index (χ1n) is 3.71. The second kappa shape index (κ2) is 7.70. The topological polar surface area (TPSA) is 12.0 Å². The molecule has 0 aromatic carbocycles. The Morgan fingerprint density at radius 1 is 1.33 bits per heavy atom. The van der Waals surface area contributed by atoms with Crippen LogP contribution in [0.25, 0.3) is 0 Å². The van der Waals surface area contributed by atoms with Gasteiger partial charge in [0.25, 0.3) is 0 Å². The van der Waals surface area contributed by atoms with Gasteiger partial charge in [-0.25, -0.2) is 0 Å². The Balaban J connectivity index is 2.82. The van der Waals surface area contributed by atoms with E-state index in [-0.39, 0.29) is 0 Å². The van der Waals surface area contributed by atoms with Crippen LogP contribution in [0, 0.1) is 0 Å². The molecule has 0 spiro atoms. The van der Waals surface area contributed by atoms with Crippen LogP contribution in [0.2, 0.25) is 0 Å². The fraction of sp³-hybridized carbons (Fsp3) is 0.750. The Morgan fingerprint density at radius 2 is 2.11 bits per heavy atom. The predicted octanol–water partition coefficient (Wildman–Crippen LogP) is 1.95. The largest absolute Gasteiger partial charge is 0.320 e. The van der Waals surface area contributed by atoms with Gasteiger partial charge in [-0.2, -0.15) is 0 Å². The van der Waals surface area contributed by atoms with Crippen LogP contribution in [-0.2, 0) is 0 Å². The molecule has 0 aliphatic carbocycles. The van der Waals surface area contributed by atoms with Gasteiger partial charge in [-0.1, -0.05) is 19.1 Å². The number of allylic oxidation sites excluding steroid dienone is 2. The minimum absolute atomic E-state index is 1.13. The first kappa shape index (κ1) is 8.70. The Bertz CT molecular complexity index is 67.0. The van der Waals surface area contributed by atoms with Crippen molar-refractivity contribution in [3.05, 3.63) is 12.2 Å². The van der Waals surface area contributed by atoms with Gasteiger partial charge >= 0.3 is 0 Å². The second-order valence-corrected chi connectivity index (χ2v) is 2.13. The monoisotopic (exact) mass is 127 g/mol. The highest BCUT2D eigenvalue weighted by molar-refractivity contribution is 4.79. The van der Waals surface area contributed by atoms with Crippen LogP contribution in [0.5, 0.6) is 0 Å². The van der Waals surface area contributed by atoms with E-state index in [1.165, 1.54) is 19.3 Å². The van der Waals surface area contributed by atoms with Crippen molar-refractivity contribution in [2.75, 3.05) is 13.6 Å². The molecule has 0 aromatic heterocycles. The highest BCUT2D eigenvalue weighted by atomic mass is 14.8. The summed E-state index contributed by atoms with van der Waals surface area (Å²) in [6.45, 7) is 3.29. The average Bonchev–Trinajstić information content (AvgIpc) is 1.89. The lowest BCUT2D eigenvalue weighted by molar-refractivity contribution is 0.734. The molecule has 0 saturated carbocycles. The quantitative estimate of drug-likeness (QED) is 0.439. The molecule has 0 heterocycles. The summed E-state index contributed by atoms with van der Waals surface area (Å²) in [6, 6.07) is 0. The number of unbranched alkanes of at least 4 members (excludes halogenated alkanes) is 1. The maximum absolute atomic E-state index is 3.11. The molecule has 0 rings (SSSR count). The van der Waals surface area contributed by atoms with E-state index in [1.807, 2.05) is 7.05 Å². The molecule has 0 atom stereocenters. The van der Waals surface area contributed by atoms with Crippen molar-refractivity contribution >= 4 is 0 Å². The van der Waals surface area contributed by atoms with Gasteiger partial charge in [-0.05, 0) is 32.9 Å². The standard InChI is InChI=1S/C8H17N/c1-3-4-5-6-7-8-9-2/h4-5,9H,3,6-8H2,1-2H3/b5-4-. The molecule has 54 valence electrons. The third kappa shape index (κ3) is 7.70. The molecule has 1 N–H and O–H groups in total. The Labute approximate surface area is 58.2 Å². The van der Waals surface area contributed by atoms with Crippen LogP contribution in [0.3, 0.4) is 0 Å². The summed E-state index contributed by atoms with van der Waals surface area (Å²) < 4.78 is 0. The van der Waals surface area contributed by atoms with Crippen molar-refractivity contribution in [3.8, 4) is 0 Å². The molecule has 0 aliphatic heterocycles. The first-order valence-corrected chi connectivity index (χ1v) is 3.71. The lowest BCUT2D eigenvalue weighted by atomic mass is 10.3. The van der Waals surface area contributed by atoms with Gasteiger partial charge in [0.05, 0.1) is 0 Å². The van der Waals surface area contributed by atoms with Crippen LogP contribution in [0.15, 0.2) is 12.2 Å². The number of hydrogen-bond donors (Lipinski definition) is 1. The van der Waals surface area contributed by atoms with E-state index >= 15 is 0 Å². The van der Waals surface area contributed by atoms with Gasteiger partial charge < -0.3 is 5.32 Å². The minimum Gasteiger partial charge on any atom is -0.320 e. The summed E-state index contributed by atoms with van der Waals surface area (Å²) in [5.74, 6) is 0. The summed E-state index contributed by atoms with van der Waals surface area (Å²) in [6.07, 6.45) is 8.11. The summed E-state index contributed by atoms with van der Waals surface area (Å²) in [5, 5.41) is 3.11. The third-order valence-electron chi connectivity index (χ3n) is 1.20. The fourth-order valence-electron chi connectivity index (χ4n) is 0.681. The zero-order valence-corrected chi connectivity index (χ0v) is 6.48. The Morgan fingerprint density at radius 3 is 2.67 bits per heavy atom. The second-order valence-electron chi connectivity index (χ2n) is 2.13. The van der Waals surface area contributed by atoms with Gasteiger partial charge in [0.1, 0.15) is 0 Å². The van der Waals surface area contributed by atoms with Gasteiger partial charge in [0.2, 0.25) is 0 Å². The zero-order valence-electron chi connectivity index (χ0n) is 6.48. The van der Waals surface area contributed by atoms with E-state index in [0.29, 0.717) is 0 Å². The van der Waals surface area contributed by atoms with Crippen molar-refractivity contribution < 1.29 is 0 Å². The highest BCUT2D eigenvalue weighted by Gasteiger charge is 1.78. The minimum atomic E-state index is 1.13. The molecule has 0 amide bonds. The molecule has 1 heteroatoms. The van der Waals surface area contributed by atoms with Gasteiger partial charge in [0.15, 0.2) is 0 Å². The maximum atomic E-state index is 3.11. The van der Waals surface area contributed by atoms with Crippen LogP contribution < -0.4 is 5.32 Å². The molecule has 0 aliphatic rings. The SMILES string of the molecule is CC/C=C\CCCNC. The molecule has 0 unspecified atom stereocenters. The Kier molecular flexibility index (Phi) is 7.44. The van der Waals surface area contributed by atoms with Gasteiger partial charge in [-0.3, -0.25) is 0 Å². The fourth-order valence-corrected chi connectivity index (χ4v) is 0.681. The van der Waals surface area contributed by atoms with E-state index in [0.717, 1.165) is 6.54 Å². The van der Waals surface area contributed by atoms with E-state index in [9.17, 15) is 0 Å². The molecular weight excluding hydrogens is 110 g/mol. The summed E-state index contributed by atoms with van der Waals surface area (Å²) in [5.41, 5.74) is 0. The van der Waals surface area contributed by atoms with Crippen LogP contribution >= 0.6 is 0 Å². The van der Waals surface area contributed by atoms with E-state index < -0.39 is 0 Å². The van der Waals surface area contributed by atoms with Crippen molar-refractivity contribution in [3.63, 3.8) is 0 Å². The van der Waals surface area contributed by atoms with E-state index in [4.69, 9.17) is 0 Å². The molecule has 0 radical (unpaired) electrons. The van der Waals surface area contributed by atoms with Crippen molar-refractivity contribution in [2.45, 2.75) is 26.2 Å². The van der Waals surface area contributed by atoms with Crippen LogP contribution in [-0.4, -0.2) is 13.6 Å². The van der Waals surface area contributed by atoms with Crippen LogP contribution in [0.4, 0.5) is 0 Å². The highest BCUT2D eigenvalue weighted by Crippen LogP contribution is 1.89. The summed E-state index contributed by atoms with van der Waals surface area (Å²) >= 11 is 0. The molecule has 0 bridgehead atoms. The average molecular weight is 127 g/mol. The zero-order chi connectivity index (χ0) is 6.95. The van der Waals surface area contributed by atoms with Gasteiger partial charge in [0, 0.05) is 0 Å². The number of nitrogens with one attached hydrogen (secondary N) is 1. The lowest BCUT2D eigenvalue weighted by Crippen LogP contribution is -2.06. The smallest absolute Gasteiger partial charge is 0.00490 e. The lowest BCUT2D eigenvalue weighted by Gasteiger charge is -1.92. The van der Waals surface area contributed by atoms with Crippen molar-refractivity contribution in [2.24, 2.45) is 0 Å².